The van der Waals surface area contributed by atoms with Crippen LogP contribution in [-0.2, 0) is 4.79 Å². The van der Waals surface area contributed by atoms with Crippen LogP contribution in [0, 0.1) is 5.92 Å². The molecule has 2 aliphatic carbocycles. The molecule has 1 amide bonds. The molecule has 3 rings (SSSR count). The fourth-order valence-corrected chi connectivity index (χ4v) is 5.12. The molecule has 0 radical (unpaired) electrons. The van der Waals surface area contributed by atoms with Crippen molar-refractivity contribution >= 4 is 17.7 Å². The zero-order chi connectivity index (χ0) is 18.4. The maximum absolute atomic E-state index is 12.4. The van der Waals surface area contributed by atoms with Crippen LogP contribution in [0.25, 0.3) is 0 Å². The lowest BCUT2D eigenvalue weighted by Gasteiger charge is -2.31. The number of carbonyl (C=O) groups excluding carboxylic acids is 1. The molecule has 1 aromatic heterocycles. The van der Waals surface area contributed by atoms with E-state index in [2.05, 4.69) is 22.4 Å². The Morgan fingerprint density at radius 3 is 2.62 bits per heavy atom. The van der Waals surface area contributed by atoms with Crippen molar-refractivity contribution in [3.05, 3.63) is 0 Å². The van der Waals surface area contributed by atoms with Crippen molar-refractivity contribution in [3.8, 4) is 0 Å². The second-order valence-corrected chi connectivity index (χ2v) is 9.13. The highest BCUT2D eigenvalue weighted by atomic mass is 32.2. The predicted octanol–water partition coefficient (Wildman–Crippen LogP) is 4.09. The maximum Gasteiger partial charge on any atom is 0.222 e. The summed E-state index contributed by atoms with van der Waals surface area (Å²) < 4.78 is 2.02. The first-order chi connectivity index (χ1) is 12.6. The zero-order valence-corrected chi connectivity index (χ0v) is 17.1. The summed E-state index contributed by atoms with van der Waals surface area (Å²) in [6, 6.07) is 0.910. The van der Waals surface area contributed by atoms with Crippen LogP contribution >= 0.6 is 11.8 Å². The van der Waals surface area contributed by atoms with Gasteiger partial charge in [0.1, 0.15) is 0 Å². The van der Waals surface area contributed by atoms with Crippen molar-refractivity contribution in [3.63, 3.8) is 0 Å². The van der Waals surface area contributed by atoms with E-state index in [1.165, 1.54) is 57.8 Å². The lowest BCUT2D eigenvalue weighted by Crippen LogP contribution is -2.38. The van der Waals surface area contributed by atoms with Gasteiger partial charge in [-0.15, -0.1) is 5.10 Å². The molecule has 0 spiro atoms. The van der Waals surface area contributed by atoms with Gasteiger partial charge in [0.15, 0.2) is 0 Å². The first-order valence-electron chi connectivity index (χ1n) is 10.3. The van der Waals surface area contributed by atoms with E-state index in [9.17, 15) is 4.79 Å². The number of amides is 1. The van der Waals surface area contributed by atoms with Crippen LogP contribution in [0.4, 0.5) is 0 Å². The van der Waals surface area contributed by atoms with E-state index >= 15 is 0 Å². The highest BCUT2D eigenvalue weighted by molar-refractivity contribution is 7.99. The summed E-state index contributed by atoms with van der Waals surface area (Å²) in [5.74, 6) is 2.01. The van der Waals surface area contributed by atoms with Crippen molar-refractivity contribution in [2.45, 2.75) is 94.8 Å². The monoisotopic (exact) mass is 379 g/mol. The zero-order valence-electron chi connectivity index (χ0n) is 16.3. The minimum Gasteiger partial charge on any atom is -0.343 e. The molecular formula is C19H33N5OS. The Hall–Kier alpha value is -1.11. The summed E-state index contributed by atoms with van der Waals surface area (Å²) in [5.41, 5.74) is 0. The number of tetrazole rings is 1. The number of carbonyl (C=O) groups is 1. The minimum absolute atomic E-state index is 0.290. The highest BCUT2D eigenvalue weighted by Crippen LogP contribution is 2.33. The topological polar surface area (TPSA) is 63.9 Å². The lowest BCUT2D eigenvalue weighted by atomic mass is 9.87. The van der Waals surface area contributed by atoms with Gasteiger partial charge in [0.2, 0.25) is 11.1 Å². The molecular weight excluding hydrogens is 346 g/mol. The Morgan fingerprint density at radius 2 is 1.88 bits per heavy atom. The van der Waals surface area contributed by atoms with Crippen molar-refractivity contribution in [2.24, 2.45) is 5.92 Å². The van der Waals surface area contributed by atoms with Gasteiger partial charge in [0.25, 0.3) is 0 Å². The summed E-state index contributed by atoms with van der Waals surface area (Å²) in [6.07, 6.45) is 12.6. The molecule has 1 aromatic rings. The fourth-order valence-electron chi connectivity index (χ4n) is 4.23. The van der Waals surface area contributed by atoms with Gasteiger partial charge in [-0.25, -0.2) is 4.68 Å². The molecule has 146 valence electrons. The number of aromatic nitrogens is 4. The van der Waals surface area contributed by atoms with Crippen LogP contribution in [-0.4, -0.2) is 49.9 Å². The fraction of sp³-hybridized carbons (Fsp3) is 0.895. The van der Waals surface area contributed by atoms with Gasteiger partial charge in [-0.05, 0) is 61.3 Å². The van der Waals surface area contributed by atoms with Crippen LogP contribution in [0.1, 0.15) is 83.6 Å². The summed E-state index contributed by atoms with van der Waals surface area (Å²) in [7, 11) is 1.98. The number of thioether (sulfide) groups is 1. The second kappa shape index (κ2) is 9.72. The highest BCUT2D eigenvalue weighted by Gasteiger charge is 2.24. The Kier molecular flexibility index (Phi) is 7.34. The average Bonchev–Trinajstić information content (AvgIpc) is 3.14. The molecule has 2 fully saturated rings. The Labute approximate surface area is 161 Å². The van der Waals surface area contributed by atoms with E-state index in [1.807, 2.05) is 16.6 Å². The summed E-state index contributed by atoms with van der Waals surface area (Å²) in [6.45, 7) is 2.33. The van der Waals surface area contributed by atoms with Gasteiger partial charge in [0.05, 0.1) is 6.04 Å². The smallest absolute Gasteiger partial charge is 0.222 e. The molecule has 2 saturated carbocycles. The van der Waals surface area contributed by atoms with Crippen molar-refractivity contribution in [1.29, 1.82) is 0 Å². The van der Waals surface area contributed by atoms with Gasteiger partial charge >= 0.3 is 0 Å². The van der Waals surface area contributed by atoms with E-state index in [4.69, 9.17) is 0 Å². The summed E-state index contributed by atoms with van der Waals surface area (Å²) in [5, 5.41) is 13.2. The number of rotatable bonds is 7. The molecule has 0 aromatic carbocycles. The quantitative estimate of drug-likeness (QED) is 0.527. The van der Waals surface area contributed by atoms with Crippen LogP contribution in [0.2, 0.25) is 0 Å². The van der Waals surface area contributed by atoms with Gasteiger partial charge in [0, 0.05) is 25.3 Å². The van der Waals surface area contributed by atoms with E-state index in [1.54, 1.807) is 11.8 Å². The molecule has 0 atom stereocenters. The molecule has 0 bridgehead atoms. The molecule has 0 saturated heterocycles. The van der Waals surface area contributed by atoms with Crippen LogP contribution < -0.4 is 0 Å². The molecule has 0 aliphatic heterocycles. The van der Waals surface area contributed by atoms with E-state index < -0.39 is 0 Å². The molecule has 2 aliphatic rings. The standard InChI is InChI=1S/C19H33N5OS/c1-15-10-12-17(13-11-15)24-19(20-21-22-24)26-14-6-9-18(25)23(2)16-7-4-3-5-8-16/h15-17H,3-14H2,1-2H3. The van der Waals surface area contributed by atoms with Crippen molar-refractivity contribution in [1.82, 2.24) is 25.1 Å². The van der Waals surface area contributed by atoms with Crippen LogP contribution in [0.5, 0.6) is 0 Å². The SMILES string of the molecule is CC1CCC(n2nnnc2SCCCC(=O)N(C)C2CCCCC2)CC1. The van der Waals surface area contributed by atoms with Gasteiger partial charge in [-0.3, -0.25) is 4.79 Å². The van der Waals surface area contributed by atoms with Crippen molar-refractivity contribution in [2.75, 3.05) is 12.8 Å². The summed E-state index contributed by atoms with van der Waals surface area (Å²) in [4.78, 5) is 14.4. The van der Waals surface area contributed by atoms with E-state index in [-0.39, 0.29) is 0 Å². The number of hydrogen-bond acceptors (Lipinski definition) is 5. The molecule has 0 unspecified atom stereocenters. The first-order valence-corrected chi connectivity index (χ1v) is 11.3. The van der Waals surface area contributed by atoms with Gasteiger partial charge in [-0.1, -0.05) is 37.9 Å². The van der Waals surface area contributed by atoms with Crippen LogP contribution in [0.15, 0.2) is 5.16 Å². The van der Waals surface area contributed by atoms with Gasteiger partial charge in [-0.2, -0.15) is 0 Å². The molecule has 26 heavy (non-hydrogen) atoms. The number of nitrogens with zero attached hydrogens (tertiary/aromatic N) is 5. The Bertz CT molecular complexity index is 564. The predicted molar refractivity (Wildman–Crippen MR) is 104 cm³/mol. The molecule has 7 heteroatoms. The Morgan fingerprint density at radius 1 is 1.15 bits per heavy atom. The minimum atomic E-state index is 0.290. The average molecular weight is 380 g/mol. The number of hydrogen-bond donors (Lipinski definition) is 0. The van der Waals surface area contributed by atoms with Gasteiger partial charge < -0.3 is 4.90 Å². The normalized spacial score (nSPS) is 24.5. The van der Waals surface area contributed by atoms with E-state index in [0.29, 0.717) is 24.4 Å². The largest absolute Gasteiger partial charge is 0.343 e. The van der Waals surface area contributed by atoms with E-state index in [0.717, 1.165) is 23.2 Å². The lowest BCUT2D eigenvalue weighted by molar-refractivity contribution is -0.132. The maximum atomic E-state index is 12.4. The van der Waals surface area contributed by atoms with Crippen molar-refractivity contribution < 1.29 is 4.79 Å². The third kappa shape index (κ3) is 5.21. The summed E-state index contributed by atoms with van der Waals surface area (Å²) >= 11 is 1.69. The molecule has 6 nitrogen and oxygen atoms in total. The molecule has 0 N–H and O–H groups in total. The first kappa shape index (κ1) is 19.6. The third-order valence-electron chi connectivity index (χ3n) is 6.08. The second-order valence-electron chi connectivity index (χ2n) is 8.07. The molecule has 1 heterocycles. The third-order valence-corrected chi connectivity index (χ3v) is 7.10. The Balaban J connectivity index is 1.40. The van der Waals surface area contributed by atoms with Crippen LogP contribution in [0.3, 0.4) is 0 Å².